The first-order chi connectivity index (χ1) is 12.2. The number of amides is 2. The van der Waals surface area contributed by atoms with Gasteiger partial charge in [-0.15, -0.1) is 10.2 Å². The number of anilines is 1. The summed E-state index contributed by atoms with van der Waals surface area (Å²) in [5.41, 5.74) is 2.86. The van der Waals surface area contributed by atoms with Crippen molar-refractivity contribution >= 4 is 28.3 Å². The standard InChI is InChI=1S/C18H22N4O2S/c23-16(8-4-7-14-5-2-1-3-6-14)22-11-9-15(10-12-22)17(24)20-18-21-19-13-25-18/h1-3,5-6,13,15H,4,7-12H2,(H,20,21,24). The Kier molecular flexibility index (Phi) is 6.11. The van der Waals surface area contributed by atoms with Gasteiger partial charge in [0.2, 0.25) is 16.9 Å². The summed E-state index contributed by atoms with van der Waals surface area (Å²) in [5, 5.41) is 10.9. The molecule has 1 aromatic carbocycles. The van der Waals surface area contributed by atoms with Crippen LogP contribution >= 0.6 is 11.3 Å². The Morgan fingerprint density at radius 1 is 1.20 bits per heavy atom. The number of hydrogen-bond acceptors (Lipinski definition) is 5. The van der Waals surface area contributed by atoms with Gasteiger partial charge in [-0.05, 0) is 31.2 Å². The van der Waals surface area contributed by atoms with Crippen LogP contribution in [0.5, 0.6) is 0 Å². The number of nitrogens with zero attached hydrogens (tertiary/aromatic N) is 3. The molecule has 0 unspecified atom stereocenters. The number of hydrogen-bond donors (Lipinski definition) is 1. The number of piperidine rings is 1. The molecule has 0 saturated carbocycles. The molecule has 1 fully saturated rings. The molecule has 2 heterocycles. The number of nitrogens with one attached hydrogen (secondary N) is 1. The predicted molar refractivity (Wildman–Crippen MR) is 97.2 cm³/mol. The molecule has 3 rings (SSSR count). The highest BCUT2D eigenvalue weighted by Crippen LogP contribution is 2.21. The molecule has 0 spiro atoms. The molecule has 2 amide bonds. The molecule has 132 valence electrons. The normalized spacial score (nSPS) is 15.1. The molecule has 0 atom stereocenters. The Morgan fingerprint density at radius 2 is 1.96 bits per heavy atom. The highest BCUT2D eigenvalue weighted by molar-refractivity contribution is 7.13. The second-order valence-corrected chi connectivity index (χ2v) is 7.06. The van der Waals surface area contributed by atoms with E-state index in [1.807, 2.05) is 23.1 Å². The van der Waals surface area contributed by atoms with E-state index in [0.717, 1.165) is 12.8 Å². The average Bonchev–Trinajstić information content (AvgIpc) is 3.15. The van der Waals surface area contributed by atoms with Crippen LogP contribution in [0.2, 0.25) is 0 Å². The van der Waals surface area contributed by atoms with E-state index in [4.69, 9.17) is 0 Å². The van der Waals surface area contributed by atoms with Gasteiger partial charge >= 0.3 is 0 Å². The number of carbonyl (C=O) groups excluding carboxylic acids is 2. The summed E-state index contributed by atoms with van der Waals surface area (Å²) in [6, 6.07) is 10.2. The van der Waals surface area contributed by atoms with E-state index in [-0.39, 0.29) is 17.7 Å². The van der Waals surface area contributed by atoms with Crippen LogP contribution in [0.1, 0.15) is 31.2 Å². The molecule has 2 aromatic rings. The minimum Gasteiger partial charge on any atom is -0.343 e. The first-order valence-corrected chi connectivity index (χ1v) is 9.49. The zero-order valence-corrected chi connectivity index (χ0v) is 14.9. The van der Waals surface area contributed by atoms with Crippen molar-refractivity contribution in [3.05, 3.63) is 41.4 Å². The van der Waals surface area contributed by atoms with Crippen LogP contribution in [-0.4, -0.2) is 40.0 Å². The third kappa shape index (κ3) is 5.09. The lowest BCUT2D eigenvalue weighted by Crippen LogP contribution is -2.41. The molecule has 0 bridgehead atoms. The van der Waals surface area contributed by atoms with Gasteiger partial charge in [0, 0.05) is 25.4 Å². The summed E-state index contributed by atoms with van der Waals surface area (Å²) in [6.07, 6.45) is 3.76. The molecule has 6 nitrogen and oxygen atoms in total. The van der Waals surface area contributed by atoms with E-state index in [1.54, 1.807) is 5.51 Å². The Balaban J connectivity index is 1.38. The zero-order chi connectivity index (χ0) is 17.5. The SMILES string of the molecule is O=C(Nc1nncs1)C1CCN(C(=O)CCCc2ccccc2)CC1. The van der Waals surface area contributed by atoms with Crippen molar-refractivity contribution in [2.24, 2.45) is 5.92 Å². The van der Waals surface area contributed by atoms with Crippen LogP contribution in [-0.2, 0) is 16.0 Å². The van der Waals surface area contributed by atoms with Gasteiger partial charge in [0.25, 0.3) is 0 Å². The summed E-state index contributed by atoms with van der Waals surface area (Å²) in [7, 11) is 0. The summed E-state index contributed by atoms with van der Waals surface area (Å²) in [6.45, 7) is 1.30. The van der Waals surface area contributed by atoms with Crippen LogP contribution in [0.4, 0.5) is 5.13 Å². The molecule has 1 N–H and O–H groups in total. The van der Waals surface area contributed by atoms with Crippen LogP contribution in [0.3, 0.4) is 0 Å². The number of aromatic nitrogens is 2. The number of aryl methyl sites for hydroxylation is 1. The third-order valence-corrected chi connectivity index (χ3v) is 5.11. The lowest BCUT2D eigenvalue weighted by atomic mass is 9.95. The van der Waals surface area contributed by atoms with Gasteiger partial charge in [-0.2, -0.15) is 0 Å². The molecule has 1 aliphatic rings. The third-order valence-electron chi connectivity index (χ3n) is 4.51. The van der Waals surface area contributed by atoms with Gasteiger partial charge in [-0.1, -0.05) is 41.7 Å². The topological polar surface area (TPSA) is 75.2 Å². The summed E-state index contributed by atoms with van der Waals surface area (Å²) in [5.74, 6) is 0.115. The number of likely N-dealkylation sites (tertiary alicyclic amines) is 1. The first-order valence-electron chi connectivity index (χ1n) is 8.61. The molecule has 1 aliphatic heterocycles. The fraction of sp³-hybridized carbons (Fsp3) is 0.444. The quantitative estimate of drug-likeness (QED) is 0.861. The Bertz CT molecular complexity index is 682. The molecule has 1 saturated heterocycles. The van der Waals surface area contributed by atoms with Gasteiger partial charge in [0.1, 0.15) is 5.51 Å². The van der Waals surface area contributed by atoms with Gasteiger partial charge in [0.15, 0.2) is 0 Å². The molecular formula is C18H22N4O2S. The maximum Gasteiger partial charge on any atom is 0.229 e. The zero-order valence-electron chi connectivity index (χ0n) is 14.1. The van der Waals surface area contributed by atoms with Crippen LogP contribution in [0.25, 0.3) is 0 Å². The monoisotopic (exact) mass is 358 g/mol. The minimum absolute atomic E-state index is 0.0204. The second kappa shape index (κ2) is 8.71. The van der Waals surface area contributed by atoms with Gasteiger partial charge in [-0.25, -0.2) is 0 Å². The lowest BCUT2D eigenvalue weighted by Gasteiger charge is -2.31. The molecular weight excluding hydrogens is 336 g/mol. The van der Waals surface area contributed by atoms with Crippen molar-refractivity contribution in [3.8, 4) is 0 Å². The fourth-order valence-corrected chi connectivity index (χ4v) is 3.52. The van der Waals surface area contributed by atoms with E-state index >= 15 is 0 Å². The summed E-state index contributed by atoms with van der Waals surface area (Å²) in [4.78, 5) is 26.4. The van der Waals surface area contributed by atoms with Gasteiger partial charge < -0.3 is 10.2 Å². The fourth-order valence-electron chi connectivity index (χ4n) is 3.07. The highest BCUT2D eigenvalue weighted by atomic mass is 32.1. The van der Waals surface area contributed by atoms with Crippen molar-refractivity contribution in [1.29, 1.82) is 0 Å². The van der Waals surface area contributed by atoms with Crippen LogP contribution < -0.4 is 5.32 Å². The summed E-state index contributed by atoms with van der Waals surface area (Å²) < 4.78 is 0. The van der Waals surface area contributed by atoms with Crippen molar-refractivity contribution < 1.29 is 9.59 Å². The van der Waals surface area contributed by atoms with Crippen molar-refractivity contribution in [2.75, 3.05) is 18.4 Å². The molecule has 0 radical (unpaired) electrons. The molecule has 1 aromatic heterocycles. The van der Waals surface area contributed by atoms with E-state index in [1.165, 1.54) is 16.9 Å². The van der Waals surface area contributed by atoms with Gasteiger partial charge in [-0.3, -0.25) is 9.59 Å². The van der Waals surface area contributed by atoms with E-state index in [2.05, 4.69) is 27.6 Å². The highest BCUT2D eigenvalue weighted by Gasteiger charge is 2.27. The summed E-state index contributed by atoms with van der Waals surface area (Å²) >= 11 is 1.31. The van der Waals surface area contributed by atoms with Gasteiger partial charge in [0.05, 0.1) is 0 Å². The van der Waals surface area contributed by atoms with Crippen LogP contribution in [0.15, 0.2) is 35.8 Å². The lowest BCUT2D eigenvalue weighted by molar-refractivity contribution is -0.134. The van der Waals surface area contributed by atoms with Crippen molar-refractivity contribution in [3.63, 3.8) is 0 Å². The molecule has 25 heavy (non-hydrogen) atoms. The van der Waals surface area contributed by atoms with Crippen molar-refractivity contribution in [2.45, 2.75) is 32.1 Å². The predicted octanol–water partition coefficient (Wildman–Crippen LogP) is 2.74. The van der Waals surface area contributed by atoms with E-state index in [9.17, 15) is 9.59 Å². The average molecular weight is 358 g/mol. The first kappa shape index (κ1) is 17.5. The maximum atomic E-state index is 12.3. The van der Waals surface area contributed by atoms with E-state index in [0.29, 0.717) is 37.5 Å². The molecule has 7 heteroatoms. The Hall–Kier alpha value is -2.28. The Labute approximate surface area is 151 Å². The smallest absolute Gasteiger partial charge is 0.229 e. The number of benzene rings is 1. The number of rotatable bonds is 6. The maximum absolute atomic E-state index is 12.3. The molecule has 0 aliphatic carbocycles. The van der Waals surface area contributed by atoms with Crippen molar-refractivity contribution in [1.82, 2.24) is 15.1 Å². The Morgan fingerprint density at radius 3 is 2.64 bits per heavy atom. The number of carbonyl (C=O) groups is 2. The second-order valence-electron chi connectivity index (χ2n) is 6.23. The van der Waals surface area contributed by atoms with E-state index < -0.39 is 0 Å². The minimum atomic E-state index is -0.0581. The largest absolute Gasteiger partial charge is 0.343 e. The van der Waals surface area contributed by atoms with Crippen LogP contribution in [0, 0.1) is 5.92 Å².